The van der Waals surface area contributed by atoms with E-state index in [1.54, 1.807) is 23.1 Å². The predicted molar refractivity (Wildman–Crippen MR) is 127 cm³/mol. The van der Waals surface area contributed by atoms with Gasteiger partial charge in [0.2, 0.25) is 0 Å². The fraction of sp³-hybridized carbons (Fsp3) is 0.417. The molecule has 3 N–H and O–H groups in total. The zero-order valence-electron chi connectivity index (χ0n) is 18.6. The Morgan fingerprint density at radius 1 is 1.09 bits per heavy atom. The first kappa shape index (κ1) is 23.8. The molecule has 0 radical (unpaired) electrons. The Hall–Kier alpha value is -3.33. The average molecular weight is 487 g/mol. The SMILES string of the molecule is O=C(O)CC1CCC(OC(=O)N2CCc3cc(NC(=O)Nc4ccc(Cl)cn4)ccc3C2)CC1. The Morgan fingerprint density at radius 3 is 2.59 bits per heavy atom. The molecule has 2 aromatic rings. The lowest BCUT2D eigenvalue weighted by molar-refractivity contribution is -0.138. The van der Waals surface area contributed by atoms with Crippen molar-refractivity contribution in [2.24, 2.45) is 5.92 Å². The summed E-state index contributed by atoms with van der Waals surface area (Å²) < 4.78 is 5.70. The van der Waals surface area contributed by atoms with Crippen molar-refractivity contribution in [3.8, 4) is 0 Å². The summed E-state index contributed by atoms with van der Waals surface area (Å²) in [7, 11) is 0. The van der Waals surface area contributed by atoms with Gasteiger partial charge in [0.1, 0.15) is 11.9 Å². The molecule has 9 nitrogen and oxygen atoms in total. The first-order valence-corrected chi connectivity index (χ1v) is 11.7. The lowest BCUT2D eigenvalue weighted by Crippen LogP contribution is -2.39. The minimum atomic E-state index is -0.773. The van der Waals surface area contributed by atoms with E-state index >= 15 is 0 Å². The molecular formula is C24H27ClN4O5. The number of aromatic nitrogens is 1. The van der Waals surface area contributed by atoms with Crippen LogP contribution in [0.5, 0.6) is 0 Å². The van der Waals surface area contributed by atoms with Crippen LogP contribution >= 0.6 is 11.6 Å². The quantitative estimate of drug-likeness (QED) is 0.552. The van der Waals surface area contributed by atoms with Crippen LogP contribution in [-0.4, -0.2) is 45.7 Å². The van der Waals surface area contributed by atoms with E-state index in [0.29, 0.717) is 48.9 Å². The molecule has 1 aromatic carbocycles. The number of fused-ring (bicyclic) bond motifs is 1. The fourth-order valence-electron chi connectivity index (χ4n) is 4.43. The molecule has 2 aliphatic rings. The molecule has 2 heterocycles. The maximum absolute atomic E-state index is 12.7. The van der Waals surface area contributed by atoms with E-state index in [0.717, 1.165) is 24.0 Å². The number of carboxylic acids is 1. The number of nitrogens with one attached hydrogen (secondary N) is 2. The molecule has 1 aliphatic heterocycles. The third-order valence-corrected chi connectivity index (χ3v) is 6.45. The third-order valence-electron chi connectivity index (χ3n) is 6.23. The highest BCUT2D eigenvalue weighted by molar-refractivity contribution is 6.30. The molecule has 0 saturated heterocycles. The summed E-state index contributed by atoms with van der Waals surface area (Å²) in [5.74, 6) is -0.212. The van der Waals surface area contributed by atoms with E-state index in [4.69, 9.17) is 21.4 Å². The van der Waals surface area contributed by atoms with E-state index in [1.807, 2.05) is 12.1 Å². The number of pyridine rings is 1. The second-order valence-electron chi connectivity index (χ2n) is 8.72. The monoisotopic (exact) mass is 486 g/mol. The van der Waals surface area contributed by atoms with Gasteiger partial charge in [-0.1, -0.05) is 17.7 Å². The first-order chi connectivity index (χ1) is 16.4. The number of halogens is 1. The standard InChI is InChI=1S/C24H27ClN4O5/c25-18-4-8-21(26-13-18)28-23(32)27-19-5-3-17-14-29(10-9-16(17)12-19)24(33)34-20-6-1-15(2-7-20)11-22(30)31/h3-5,8,12-13,15,20H,1-2,6-7,9-11,14H2,(H,30,31)(H2,26,27,28,32). The summed E-state index contributed by atoms with van der Waals surface area (Å²) in [5, 5.41) is 14.9. The number of ether oxygens (including phenoxy) is 1. The molecule has 0 spiro atoms. The van der Waals surface area contributed by atoms with Crippen LogP contribution in [0.3, 0.4) is 0 Å². The number of aliphatic carboxylic acids is 1. The predicted octanol–water partition coefficient (Wildman–Crippen LogP) is 4.91. The van der Waals surface area contributed by atoms with Gasteiger partial charge in [-0.15, -0.1) is 0 Å². The van der Waals surface area contributed by atoms with Gasteiger partial charge < -0.3 is 20.1 Å². The maximum Gasteiger partial charge on any atom is 0.410 e. The van der Waals surface area contributed by atoms with Gasteiger partial charge in [-0.3, -0.25) is 10.1 Å². The molecule has 0 atom stereocenters. The lowest BCUT2D eigenvalue weighted by Gasteiger charge is -2.32. The van der Waals surface area contributed by atoms with Crippen LogP contribution in [0, 0.1) is 5.92 Å². The second kappa shape index (κ2) is 10.7. The van der Waals surface area contributed by atoms with E-state index < -0.39 is 12.0 Å². The fourth-order valence-corrected chi connectivity index (χ4v) is 4.54. The van der Waals surface area contributed by atoms with Crippen LogP contribution in [0.15, 0.2) is 36.5 Å². The van der Waals surface area contributed by atoms with Crippen LogP contribution in [0.2, 0.25) is 5.02 Å². The molecule has 3 amide bonds. The number of carboxylic acid groups (broad SMARTS) is 1. The third kappa shape index (κ3) is 6.38. The number of nitrogens with zero attached hydrogens (tertiary/aromatic N) is 2. The summed E-state index contributed by atoms with van der Waals surface area (Å²) in [6, 6.07) is 8.47. The molecule has 1 aromatic heterocycles. The van der Waals surface area contributed by atoms with Crippen LogP contribution in [0.25, 0.3) is 0 Å². The summed E-state index contributed by atoms with van der Waals surface area (Å²) in [4.78, 5) is 41.5. The van der Waals surface area contributed by atoms with Crippen molar-refractivity contribution in [3.63, 3.8) is 0 Å². The van der Waals surface area contributed by atoms with E-state index in [2.05, 4.69) is 15.6 Å². The number of rotatable bonds is 5. The molecule has 0 bridgehead atoms. The van der Waals surface area contributed by atoms with Gasteiger partial charge in [-0.2, -0.15) is 0 Å². The molecular weight excluding hydrogens is 460 g/mol. The molecule has 180 valence electrons. The molecule has 10 heteroatoms. The van der Waals surface area contributed by atoms with Crippen LogP contribution in [-0.2, 0) is 22.5 Å². The van der Waals surface area contributed by atoms with Gasteiger partial charge in [0.25, 0.3) is 0 Å². The van der Waals surface area contributed by atoms with Crippen molar-refractivity contribution in [3.05, 3.63) is 52.7 Å². The van der Waals surface area contributed by atoms with Crippen molar-refractivity contribution >= 4 is 41.2 Å². The van der Waals surface area contributed by atoms with Crippen molar-refractivity contribution in [2.75, 3.05) is 17.2 Å². The Labute approximate surface area is 202 Å². The molecule has 0 unspecified atom stereocenters. The van der Waals surface area contributed by atoms with Gasteiger partial charge in [-0.25, -0.2) is 14.6 Å². The highest BCUT2D eigenvalue weighted by Gasteiger charge is 2.28. The number of amides is 3. The molecule has 1 fully saturated rings. The average Bonchev–Trinajstić information content (AvgIpc) is 2.81. The van der Waals surface area contributed by atoms with Crippen LogP contribution in [0.4, 0.5) is 21.1 Å². The molecule has 1 saturated carbocycles. The zero-order chi connectivity index (χ0) is 24.1. The summed E-state index contributed by atoms with van der Waals surface area (Å²) >= 11 is 5.80. The Kier molecular flexibility index (Phi) is 7.52. The summed E-state index contributed by atoms with van der Waals surface area (Å²) in [6.45, 7) is 0.980. The van der Waals surface area contributed by atoms with E-state index in [-0.39, 0.29) is 24.5 Å². The van der Waals surface area contributed by atoms with Gasteiger partial charge in [0.15, 0.2) is 0 Å². The molecule has 34 heavy (non-hydrogen) atoms. The highest BCUT2D eigenvalue weighted by Crippen LogP contribution is 2.30. The van der Waals surface area contributed by atoms with Gasteiger partial charge >= 0.3 is 18.1 Å². The Balaban J connectivity index is 1.27. The van der Waals surface area contributed by atoms with Crippen LogP contribution < -0.4 is 10.6 Å². The molecule has 1 aliphatic carbocycles. The zero-order valence-corrected chi connectivity index (χ0v) is 19.4. The van der Waals surface area contributed by atoms with E-state index in [9.17, 15) is 14.4 Å². The molecule has 4 rings (SSSR count). The van der Waals surface area contributed by atoms with Gasteiger partial charge in [0, 0.05) is 31.4 Å². The van der Waals surface area contributed by atoms with Crippen molar-refractivity contribution < 1.29 is 24.2 Å². The Bertz CT molecular complexity index is 1050. The minimum Gasteiger partial charge on any atom is -0.481 e. The number of carbonyl (C=O) groups is 3. The second-order valence-corrected chi connectivity index (χ2v) is 9.16. The lowest BCUT2D eigenvalue weighted by atomic mass is 9.85. The number of benzene rings is 1. The topological polar surface area (TPSA) is 121 Å². The normalized spacial score (nSPS) is 19.6. The smallest absolute Gasteiger partial charge is 0.410 e. The van der Waals surface area contributed by atoms with Crippen molar-refractivity contribution in [1.82, 2.24) is 9.88 Å². The summed E-state index contributed by atoms with van der Waals surface area (Å²) in [5.41, 5.74) is 2.73. The number of urea groups is 1. The van der Waals surface area contributed by atoms with Crippen molar-refractivity contribution in [1.29, 1.82) is 0 Å². The minimum absolute atomic E-state index is 0.154. The van der Waals surface area contributed by atoms with E-state index in [1.165, 1.54) is 6.20 Å². The Morgan fingerprint density at radius 2 is 1.88 bits per heavy atom. The first-order valence-electron chi connectivity index (χ1n) is 11.3. The van der Waals surface area contributed by atoms with Gasteiger partial charge in [0.05, 0.1) is 5.02 Å². The maximum atomic E-state index is 12.7. The summed E-state index contributed by atoms with van der Waals surface area (Å²) in [6.07, 6.45) is 4.76. The number of anilines is 2. The number of hydrogen-bond acceptors (Lipinski definition) is 5. The van der Waals surface area contributed by atoms with Crippen LogP contribution in [0.1, 0.15) is 43.2 Å². The number of hydrogen-bond donors (Lipinski definition) is 3. The largest absolute Gasteiger partial charge is 0.481 e. The number of carbonyl (C=O) groups excluding carboxylic acids is 2. The van der Waals surface area contributed by atoms with Gasteiger partial charge in [-0.05, 0) is 73.4 Å². The van der Waals surface area contributed by atoms with Crippen molar-refractivity contribution in [2.45, 2.75) is 51.2 Å². The highest BCUT2D eigenvalue weighted by atomic mass is 35.5.